The number of carbonyl (C=O) groups is 1. The highest BCUT2D eigenvalue weighted by Gasteiger charge is 2.15. The molecule has 6 nitrogen and oxygen atoms in total. The van der Waals surface area contributed by atoms with E-state index in [0.717, 1.165) is 0 Å². The first-order chi connectivity index (χ1) is 9.60. The molecule has 0 aliphatic rings. The molecule has 106 valence electrons. The average molecular weight is 296 g/mol. The average Bonchev–Trinajstić information content (AvgIpc) is 2.45. The largest absolute Gasteiger partial charge is 0.465 e. The molecule has 1 heterocycles. The zero-order chi connectivity index (χ0) is 14.7. The van der Waals surface area contributed by atoms with E-state index in [1.807, 2.05) is 0 Å². The van der Waals surface area contributed by atoms with E-state index in [1.54, 1.807) is 19.2 Å². The Kier molecular flexibility index (Phi) is 4.49. The van der Waals surface area contributed by atoms with Gasteiger partial charge in [-0.05, 0) is 17.7 Å². The van der Waals surface area contributed by atoms with E-state index in [9.17, 15) is 4.79 Å². The Morgan fingerprint density at radius 1 is 1.30 bits per heavy atom. The fourth-order valence-electron chi connectivity index (χ4n) is 1.87. The molecule has 0 saturated heterocycles. The van der Waals surface area contributed by atoms with Crippen LogP contribution in [0.2, 0.25) is 5.15 Å². The highest BCUT2D eigenvalue weighted by molar-refractivity contribution is 6.30. The standard InChI is InChI=1S/C13H14ClN3O3/c1-19-6-7-3-9-10(4-8(7)13(18)20-2)17-12(14)11(5-15)16-9/h3-4H,5-6,15H2,1-2H3. The number of ether oxygens (including phenoxy) is 2. The molecule has 0 spiro atoms. The Balaban J connectivity index is 2.67. The summed E-state index contributed by atoms with van der Waals surface area (Å²) >= 11 is 5.98. The normalized spacial score (nSPS) is 10.8. The van der Waals surface area contributed by atoms with Gasteiger partial charge in [0.1, 0.15) is 0 Å². The van der Waals surface area contributed by atoms with Gasteiger partial charge in [0.2, 0.25) is 0 Å². The lowest BCUT2D eigenvalue weighted by atomic mass is 10.1. The van der Waals surface area contributed by atoms with E-state index < -0.39 is 5.97 Å². The fourth-order valence-corrected chi connectivity index (χ4v) is 2.08. The van der Waals surface area contributed by atoms with E-state index in [2.05, 4.69) is 9.97 Å². The molecule has 0 atom stereocenters. The second-order valence-electron chi connectivity index (χ2n) is 4.09. The van der Waals surface area contributed by atoms with Gasteiger partial charge in [-0.25, -0.2) is 14.8 Å². The van der Waals surface area contributed by atoms with Gasteiger partial charge in [-0.1, -0.05) is 11.6 Å². The minimum Gasteiger partial charge on any atom is -0.465 e. The molecule has 1 aromatic heterocycles. The van der Waals surface area contributed by atoms with Crippen molar-refractivity contribution in [2.45, 2.75) is 13.2 Å². The van der Waals surface area contributed by atoms with Crippen LogP contribution in [0.25, 0.3) is 11.0 Å². The molecule has 0 amide bonds. The molecule has 0 bridgehead atoms. The van der Waals surface area contributed by atoms with Gasteiger partial charge in [-0.3, -0.25) is 0 Å². The Morgan fingerprint density at radius 3 is 2.60 bits per heavy atom. The van der Waals surface area contributed by atoms with Crippen LogP contribution >= 0.6 is 11.6 Å². The number of hydrogen-bond donors (Lipinski definition) is 1. The number of nitrogens with two attached hydrogens (primary N) is 1. The quantitative estimate of drug-likeness (QED) is 0.863. The topological polar surface area (TPSA) is 87.3 Å². The Labute approximate surface area is 120 Å². The highest BCUT2D eigenvalue weighted by atomic mass is 35.5. The van der Waals surface area contributed by atoms with Crippen molar-refractivity contribution in [2.75, 3.05) is 14.2 Å². The van der Waals surface area contributed by atoms with E-state index in [-0.39, 0.29) is 18.3 Å². The number of nitrogens with zero attached hydrogens (tertiary/aromatic N) is 2. The molecular weight excluding hydrogens is 282 g/mol. The summed E-state index contributed by atoms with van der Waals surface area (Å²) < 4.78 is 9.84. The van der Waals surface area contributed by atoms with Crippen LogP contribution in [0.4, 0.5) is 0 Å². The maximum Gasteiger partial charge on any atom is 0.338 e. The summed E-state index contributed by atoms with van der Waals surface area (Å²) in [5, 5.41) is 0.232. The second-order valence-corrected chi connectivity index (χ2v) is 4.45. The lowest BCUT2D eigenvalue weighted by Gasteiger charge is -2.10. The first-order valence-electron chi connectivity index (χ1n) is 5.87. The van der Waals surface area contributed by atoms with Crippen LogP contribution in [-0.4, -0.2) is 30.2 Å². The lowest BCUT2D eigenvalue weighted by Crippen LogP contribution is -2.08. The van der Waals surface area contributed by atoms with E-state index in [4.69, 9.17) is 26.8 Å². The first-order valence-corrected chi connectivity index (χ1v) is 6.24. The molecular formula is C13H14ClN3O3. The summed E-state index contributed by atoms with van der Waals surface area (Å²) in [4.78, 5) is 20.3. The predicted molar refractivity (Wildman–Crippen MR) is 74.5 cm³/mol. The highest BCUT2D eigenvalue weighted by Crippen LogP contribution is 2.22. The molecule has 1 aromatic carbocycles. The number of hydrogen-bond acceptors (Lipinski definition) is 6. The summed E-state index contributed by atoms with van der Waals surface area (Å²) in [6.07, 6.45) is 0. The number of esters is 1. The van der Waals surface area contributed by atoms with Crippen molar-refractivity contribution in [2.24, 2.45) is 5.73 Å². The van der Waals surface area contributed by atoms with Gasteiger partial charge in [0, 0.05) is 13.7 Å². The summed E-state index contributed by atoms with van der Waals surface area (Å²) in [7, 11) is 2.86. The molecule has 20 heavy (non-hydrogen) atoms. The summed E-state index contributed by atoms with van der Waals surface area (Å²) in [5.74, 6) is -0.459. The third-order valence-electron chi connectivity index (χ3n) is 2.81. The number of halogens is 1. The molecule has 0 fully saturated rings. The van der Waals surface area contributed by atoms with Crippen molar-refractivity contribution < 1.29 is 14.3 Å². The smallest absolute Gasteiger partial charge is 0.338 e. The summed E-state index contributed by atoms with van der Waals surface area (Å²) in [5.41, 5.74) is 8.23. The zero-order valence-electron chi connectivity index (χ0n) is 11.1. The van der Waals surface area contributed by atoms with Crippen LogP contribution in [0, 0.1) is 0 Å². The van der Waals surface area contributed by atoms with Crippen LogP contribution in [0.5, 0.6) is 0 Å². The number of benzene rings is 1. The minimum atomic E-state index is -0.459. The van der Waals surface area contributed by atoms with Gasteiger partial charge in [0.05, 0.1) is 36.0 Å². The number of aromatic nitrogens is 2. The van der Waals surface area contributed by atoms with E-state index in [1.165, 1.54) is 7.11 Å². The summed E-state index contributed by atoms with van der Waals surface area (Å²) in [6, 6.07) is 3.32. The van der Waals surface area contributed by atoms with Crippen molar-refractivity contribution in [3.63, 3.8) is 0 Å². The number of fused-ring (bicyclic) bond motifs is 1. The first kappa shape index (κ1) is 14.6. The maximum atomic E-state index is 11.8. The van der Waals surface area contributed by atoms with Gasteiger partial charge >= 0.3 is 5.97 Å². The van der Waals surface area contributed by atoms with Gasteiger partial charge in [-0.15, -0.1) is 0 Å². The van der Waals surface area contributed by atoms with E-state index >= 15 is 0 Å². The van der Waals surface area contributed by atoms with Crippen molar-refractivity contribution in [3.8, 4) is 0 Å². The van der Waals surface area contributed by atoms with Gasteiger partial charge in [0.25, 0.3) is 0 Å². The molecule has 0 aliphatic carbocycles. The van der Waals surface area contributed by atoms with E-state index in [0.29, 0.717) is 27.9 Å². The Bertz CT molecular complexity index is 661. The minimum absolute atomic E-state index is 0.195. The maximum absolute atomic E-state index is 11.8. The van der Waals surface area contributed by atoms with Crippen LogP contribution in [0.1, 0.15) is 21.6 Å². The Hall–Kier alpha value is -1.76. The molecule has 7 heteroatoms. The van der Waals surface area contributed by atoms with Gasteiger partial charge < -0.3 is 15.2 Å². The monoisotopic (exact) mass is 295 g/mol. The SMILES string of the molecule is COCc1cc2nc(CN)c(Cl)nc2cc1C(=O)OC. The van der Waals surface area contributed by atoms with Crippen LogP contribution < -0.4 is 5.73 Å². The molecule has 0 radical (unpaired) electrons. The zero-order valence-corrected chi connectivity index (χ0v) is 11.9. The van der Waals surface area contributed by atoms with Gasteiger partial charge in [-0.2, -0.15) is 0 Å². The van der Waals surface area contributed by atoms with Crippen molar-refractivity contribution >= 4 is 28.6 Å². The molecule has 0 unspecified atom stereocenters. The fraction of sp³-hybridized carbons (Fsp3) is 0.308. The molecule has 0 aliphatic heterocycles. The lowest BCUT2D eigenvalue weighted by molar-refractivity contribution is 0.0596. The van der Waals surface area contributed by atoms with Gasteiger partial charge in [0.15, 0.2) is 5.15 Å². The third-order valence-corrected chi connectivity index (χ3v) is 3.11. The van der Waals surface area contributed by atoms with Crippen molar-refractivity contribution in [1.29, 1.82) is 0 Å². The third kappa shape index (κ3) is 2.72. The number of rotatable bonds is 4. The van der Waals surface area contributed by atoms with Crippen LogP contribution in [-0.2, 0) is 22.6 Å². The number of methoxy groups -OCH3 is 2. The van der Waals surface area contributed by atoms with Crippen LogP contribution in [0.15, 0.2) is 12.1 Å². The molecule has 2 rings (SSSR count). The Morgan fingerprint density at radius 2 is 2.00 bits per heavy atom. The molecule has 2 aromatic rings. The van der Waals surface area contributed by atoms with Crippen LogP contribution in [0.3, 0.4) is 0 Å². The van der Waals surface area contributed by atoms with Crippen molar-refractivity contribution in [3.05, 3.63) is 34.1 Å². The molecule has 2 N–H and O–H groups in total. The predicted octanol–water partition coefficient (Wildman–Crippen LogP) is 1.67. The second kappa shape index (κ2) is 6.13. The molecule has 0 saturated carbocycles. The summed E-state index contributed by atoms with van der Waals surface area (Å²) in [6.45, 7) is 0.461. The number of carbonyl (C=O) groups excluding carboxylic acids is 1. The van der Waals surface area contributed by atoms with Crippen molar-refractivity contribution in [1.82, 2.24) is 9.97 Å².